The third-order valence-electron chi connectivity index (χ3n) is 4.27. The molecule has 3 N–H and O–H groups in total. The summed E-state index contributed by atoms with van der Waals surface area (Å²) < 4.78 is 13.5. The van der Waals surface area contributed by atoms with Crippen molar-refractivity contribution in [3.05, 3.63) is 65.4 Å². The van der Waals surface area contributed by atoms with Crippen molar-refractivity contribution in [2.75, 3.05) is 13.1 Å². The molecular formula is C20H25FIN5. The number of H-pyrrole nitrogens is 1. The van der Waals surface area contributed by atoms with Crippen LogP contribution < -0.4 is 10.6 Å². The minimum Gasteiger partial charge on any atom is -0.361 e. The summed E-state index contributed by atoms with van der Waals surface area (Å²) in [5.41, 5.74) is 4.14. The standard InChI is InChI=1S/C20H24FN5.HI/c1-3-22-20(26-13-19-14(2)5-4-9-23-19)24-10-8-15-12-25-18-7-6-16(21)11-17(15)18;/h4-7,9,11-12,25H,3,8,10,13H2,1-2H3,(H2,22,24,26);1H. The summed E-state index contributed by atoms with van der Waals surface area (Å²) in [6.07, 6.45) is 4.50. The summed E-state index contributed by atoms with van der Waals surface area (Å²) in [6.45, 7) is 6.09. The molecule has 2 aromatic heterocycles. The topological polar surface area (TPSA) is 65.1 Å². The van der Waals surface area contributed by atoms with Gasteiger partial charge in [0.25, 0.3) is 0 Å². The van der Waals surface area contributed by atoms with Crippen molar-refractivity contribution in [1.29, 1.82) is 0 Å². The lowest BCUT2D eigenvalue weighted by molar-refractivity contribution is 0.629. The Balaban J connectivity index is 0.00000261. The molecule has 0 radical (unpaired) electrons. The molecule has 0 saturated carbocycles. The van der Waals surface area contributed by atoms with E-state index in [0.717, 1.165) is 46.6 Å². The van der Waals surface area contributed by atoms with E-state index < -0.39 is 0 Å². The lowest BCUT2D eigenvalue weighted by Crippen LogP contribution is -2.38. The van der Waals surface area contributed by atoms with Gasteiger partial charge in [0.15, 0.2) is 5.96 Å². The summed E-state index contributed by atoms with van der Waals surface area (Å²) in [5.74, 6) is 0.538. The molecule has 0 aliphatic heterocycles. The first-order valence-corrected chi connectivity index (χ1v) is 8.85. The summed E-state index contributed by atoms with van der Waals surface area (Å²) in [7, 11) is 0. The lowest BCUT2D eigenvalue weighted by atomic mass is 10.1. The van der Waals surface area contributed by atoms with Gasteiger partial charge in [0.1, 0.15) is 5.82 Å². The molecule has 0 aliphatic carbocycles. The van der Waals surface area contributed by atoms with Gasteiger partial charge >= 0.3 is 0 Å². The zero-order valence-electron chi connectivity index (χ0n) is 15.6. The van der Waals surface area contributed by atoms with E-state index in [4.69, 9.17) is 0 Å². The Hall–Kier alpha value is -2.16. The second-order valence-electron chi connectivity index (χ2n) is 6.14. The second-order valence-corrected chi connectivity index (χ2v) is 6.14. The Morgan fingerprint density at radius 1 is 1.26 bits per heavy atom. The van der Waals surface area contributed by atoms with Crippen LogP contribution >= 0.6 is 24.0 Å². The molecular weight excluding hydrogens is 456 g/mol. The van der Waals surface area contributed by atoms with E-state index in [9.17, 15) is 4.39 Å². The molecule has 0 spiro atoms. The number of hydrogen-bond donors (Lipinski definition) is 3. The molecule has 0 saturated heterocycles. The predicted octanol–water partition coefficient (Wildman–Crippen LogP) is 3.93. The number of benzene rings is 1. The fourth-order valence-electron chi connectivity index (χ4n) is 2.85. The highest BCUT2D eigenvalue weighted by Gasteiger charge is 2.06. The van der Waals surface area contributed by atoms with Crippen molar-refractivity contribution in [2.24, 2.45) is 4.99 Å². The summed E-state index contributed by atoms with van der Waals surface area (Å²) in [6, 6.07) is 8.77. The molecule has 3 rings (SSSR count). The van der Waals surface area contributed by atoms with Gasteiger partial charge in [-0.05, 0) is 55.7 Å². The van der Waals surface area contributed by atoms with Crippen LogP contribution in [0.3, 0.4) is 0 Å². The summed E-state index contributed by atoms with van der Waals surface area (Å²) in [4.78, 5) is 12.2. The maximum absolute atomic E-state index is 13.5. The summed E-state index contributed by atoms with van der Waals surface area (Å²) in [5, 5.41) is 7.50. The van der Waals surface area contributed by atoms with Crippen LogP contribution in [0.25, 0.3) is 10.9 Å². The van der Waals surface area contributed by atoms with Gasteiger partial charge in [-0.25, -0.2) is 9.38 Å². The van der Waals surface area contributed by atoms with Crippen LogP contribution in [0.4, 0.5) is 4.39 Å². The first kappa shape index (κ1) is 21.1. The maximum atomic E-state index is 13.5. The number of rotatable bonds is 6. The van der Waals surface area contributed by atoms with E-state index >= 15 is 0 Å². The van der Waals surface area contributed by atoms with E-state index in [-0.39, 0.29) is 29.8 Å². The Morgan fingerprint density at radius 2 is 2.11 bits per heavy atom. The van der Waals surface area contributed by atoms with Gasteiger partial charge in [-0.15, -0.1) is 24.0 Å². The second kappa shape index (κ2) is 10.2. The monoisotopic (exact) mass is 481 g/mol. The Bertz CT molecular complexity index is 906. The van der Waals surface area contributed by atoms with E-state index in [1.807, 2.05) is 32.2 Å². The number of hydrogen-bond acceptors (Lipinski definition) is 2. The molecule has 2 heterocycles. The molecule has 0 aliphatic rings. The average Bonchev–Trinajstić information content (AvgIpc) is 3.03. The third kappa shape index (κ3) is 5.66. The number of aliphatic imine (C=N–C) groups is 1. The van der Waals surface area contributed by atoms with Crippen LogP contribution in [0, 0.1) is 12.7 Å². The highest BCUT2D eigenvalue weighted by molar-refractivity contribution is 14.0. The van der Waals surface area contributed by atoms with Crippen LogP contribution in [0.5, 0.6) is 0 Å². The number of guanidine groups is 1. The predicted molar refractivity (Wildman–Crippen MR) is 119 cm³/mol. The number of fused-ring (bicyclic) bond motifs is 1. The molecule has 1 aromatic carbocycles. The lowest BCUT2D eigenvalue weighted by Gasteiger charge is -2.11. The molecule has 0 atom stereocenters. The van der Waals surface area contributed by atoms with Crippen molar-refractivity contribution in [1.82, 2.24) is 20.6 Å². The highest BCUT2D eigenvalue weighted by atomic mass is 127. The van der Waals surface area contributed by atoms with Gasteiger partial charge in [-0.3, -0.25) is 4.98 Å². The molecule has 144 valence electrons. The van der Waals surface area contributed by atoms with Crippen molar-refractivity contribution in [3.63, 3.8) is 0 Å². The fraction of sp³-hybridized carbons (Fsp3) is 0.300. The van der Waals surface area contributed by atoms with E-state index in [2.05, 4.69) is 25.6 Å². The number of halogens is 2. The Kier molecular flexibility index (Phi) is 8.02. The molecule has 0 unspecified atom stereocenters. The number of nitrogens with one attached hydrogen (secondary N) is 3. The van der Waals surface area contributed by atoms with E-state index in [1.54, 1.807) is 18.3 Å². The van der Waals surface area contributed by atoms with Gasteiger partial charge in [-0.1, -0.05) is 6.07 Å². The molecule has 27 heavy (non-hydrogen) atoms. The van der Waals surface area contributed by atoms with Crippen LogP contribution in [0.15, 0.2) is 47.7 Å². The first-order chi connectivity index (χ1) is 12.7. The molecule has 5 nitrogen and oxygen atoms in total. The van der Waals surface area contributed by atoms with Gasteiger partial charge in [0.2, 0.25) is 0 Å². The summed E-state index contributed by atoms with van der Waals surface area (Å²) >= 11 is 0. The van der Waals surface area contributed by atoms with Crippen LogP contribution in [-0.2, 0) is 13.0 Å². The normalized spacial score (nSPS) is 11.3. The molecule has 0 fully saturated rings. The van der Waals surface area contributed by atoms with Crippen molar-refractivity contribution < 1.29 is 4.39 Å². The van der Waals surface area contributed by atoms with Crippen molar-refractivity contribution in [3.8, 4) is 0 Å². The quantitative estimate of drug-likeness (QED) is 0.284. The average molecular weight is 481 g/mol. The Labute approximate surface area is 175 Å². The van der Waals surface area contributed by atoms with Crippen LogP contribution in [-0.4, -0.2) is 29.0 Å². The fourth-order valence-corrected chi connectivity index (χ4v) is 2.85. The van der Waals surface area contributed by atoms with Crippen molar-refractivity contribution >= 4 is 40.8 Å². The zero-order valence-corrected chi connectivity index (χ0v) is 17.9. The van der Waals surface area contributed by atoms with E-state index in [0.29, 0.717) is 13.1 Å². The largest absolute Gasteiger partial charge is 0.361 e. The highest BCUT2D eigenvalue weighted by Crippen LogP contribution is 2.19. The Morgan fingerprint density at radius 3 is 2.89 bits per heavy atom. The minimum absolute atomic E-state index is 0. The van der Waals surface area contributed by atoms with E-state index in [1.165, 1.54) is 6.07 Å². The molecule has 3 aromatic rings. The maximum Gasteiger partial charge on any atom is 0.191 e. The molecule has 0 bridgehead atoms. The zero-order chi connectivity index (χ0) is 18.4. The SMILES string of the molecule is CCNC(=NCc1ncccc1C)NCCc1c[nH]c2ccc(F)cc12.I. The van der Waals surface area contributed by atoms with Gasteiger partial charge < -0.3 is 15.6 Å². The molecule has 7 heteroatoms. The smallest absolute Gasteiger partial charge is 0.191 e. The number of aryl methyl sites for hydroxylation is 1. The van der Waals surface area contributed by atoms with Gasteiger partial charge in [0.05, 0.1) is 12.2 Å². The minimum atomic E-state index is -0.216. The first-order valence-electron chi connectivity index (χ1n) is 8.85. The van der Waals surface area contributed by atoms with Crippen LogP contribution in [0.1, 0.15) is 23.7 Å². The number of aromatic nitrogens is 2. The number of aromatic amines is 1. The van der Waals surface area contributed by atoms with Crippen LogP contribution in [0.2, 0.25) is 0 Å². The third-order valence-corrected chi connectivity index (χ3v) is 4.27. The number of pyridine rings is 1. The van der Waals surface area contributed by atoms with Gasteiger partial charge in [0, 0.05) is 36.4 Å². The molecule has 0 amide bonds. The van der Waals surface area contributed by atoms with Gasteiger partial charge in [-0.2, -0.15) is 0 Å². The number of nitrogens with zero attached hydrogens (tertiary/aromatic N) is 2. The van der Waals surface area contributed by atoms with Crippen molar-refractivity contribution in [2.45, 2.75) is 26.8 Å².